The van der Waals surface area contributed by atoms with Crippen molar-refractivity contribution in [3.8, 4) is 0 Å². The molecule has 0 spiro atoms. The zero-order chi connectivity index (χ0) is 15.9. The lowest BCUT2D eigenvalue weighted by Crippen LogP contribution is -2.39. The fraction of sp³-hybridized carbons (Fsp3) is 0.533. The Hall–Kier alpha value is -1.89. The van der Waals surface area contributed by atoms with Gasteiger partial charge in [0.15, 0.2) is 5.13 Å². The van der Waals surface area contributed by atoms with Gasteiger partial charge in [0.1, 0.15) is 0 Å². The van der Waals surface area contributed by atoms with Crippen molar-refractivity contribution >= 4 is 28.3 Å². The number of hydrogen-bond donors (Lipinski definition) is 2. The van der Waals surface area contributed by atoms with E-state index in [-0.39, 0.29) is 17.7 Å². The summed E-state index contributed by atoms with van der Waals surface area (Å²) >= 11 is 1.52. The fourth-order valence-corrected chi connectivity index (χ4v) is 4.15. The molecule has 0 unspecified atom stereocenters. The van der Waals surface area contributed by atoms with Crippen molar-refractivity contribution in [1.29, 1.82) is 0 Å². The van der Waals surface area contributed by atoms with E-state index in [0.29, 0.717) is 6.54 Å². The highest BCUT2D eigenvalue weighted by molar-refractivity contribution is 7.13. The fourth-order valence-electron chi connectivity index (χ4n) is 3.39. The molecule has 3 rings (SSSR count). The molecule has 2 aliphatic rings. The minimum Gasteiger partial charge on any atom is -0.481 e. The molecular weight excluding hydrogens is 302 g/mol. The number of amides is 1. The predicted molar refractivity (Wildman–Crippen MR) is 83.6 cm³/mol. The molecule has 1 heterocycles. The van der Waals surface area contributed by atoms with Gasteiger partial charge in [-0.3, -0.25) is 9.59 Å². The lowest BCUT2D eigenvalue weighted by Gasteiger charge is -2.23. The van der Waals surface area contributed by atoms with Crippen LogP contribution in [0.4, 0.5) is 5.13 Å². The summed E-state index contributed by atoms with van der Waals surface area (Å²) in [6.45, 7) is 0.340. The molecule has 0 aromatic carbocycles. The quantitative estimate of drug-likeness (QED) is 0.800. The maximum Gasteiger partial charge on any atom is 0.307 e. The van der Waals surface area contributed by atoms with Crippen LogP contribution in [0.5, 0.6) is 0 Å². The maximum atomic E-state index is 12.4. The Morgan fingerprint density at radius 3 is 2.64 bits per heavy atom. The SMILES string of the molecule is CN(C)c1nc(CNC(=O)[C@@H]2[C@H](C(=O)O)[C@H]3C=C[C@H]2C3)cs1. The first kappa shape index (κ1) is 15.0. The van der Waals surface area contributed by atoms with Gasteiger partial charge >= 0.3 is 5.97 Å². The second kappa shape index (κ2) is 5.72. The Labute approximate surface area is 132 Å². The standard InChI is InChI=1S/C15H19N3O3S/c1-18(2)15-17-10(7-22-15)6-16-13(19)11-8-3-4-9(5-8)12(11)14(20)21/h3-4,7-9,11-12H,5-6H2,1-2H3,(H,16,19)(H,20,21)/t8-,9-,11-,12+/m0/s1. The zero-order valence-corrected chi connectivity index (χ0v) is 13.3. The number of rotatable bonds is 5. The molecular formula is C15H19N3O3S. The van der Waals surface area contributed by atoms with E-state index < -0.39 is 17.8 Å². The normalized spacial score (nSPS) is 28.8. The molecule has 22 heavy (non-hydrogen) atoms. The summed E-state index contributed by atoms with van der Waals surface area (Å²) in [5.41, 5.74) is 0.799. The minimum atomic E-state index is -0.874. The van der Waals surface area contributed by atoms with Crippen molar-refractivity contribution in [3.63, 3.8) is 0 Å². The Morgan fingerprint density at radius 1 is 1.36 bits per heavy atom. The summed E-state index contributed by atoms with van der Waals surface area (Å²) < 4.78 is 0. The van der Waals surface area contributed by atoms with E-state index in [2.05, 4.69) is 10.3 Å². The summed E-state index contributed by atoms with van der Waals surface area (Å²) in [4.78, 5) is 30.2. The van der Waals surface area contributed by atoms with Crippen LogP contribution in [0.3, 0.4) is 0 Å². The number of carbonyl (C=O) groups is 2. The van der Waals surface area contributed by atoms with Crippen LogP contribution in [-0.4, -0.2) is 36.1 Å². The van der Waals surface area contributed by atoms with Crippen LogP contribution >= 0.6 is 11.3 Å². The maximum absolute atomic E-state index is 12.4. The number of carbonyl (C=O) groups excluding carboxylic acids is 1. The van der Waals surface area contributed by atoms with Gasteiger partial charge < -0.3 is 15.3 Å². The molecule has 0 aliphatic heterocycles. The molecule has 2 aliphatic carbocycles. The number of fused-ring (bicyclic) bond motifs is 2. The number of aliphatic carboxylic acids is 1. The first-order valence-corrected chi connectivity index (χ1v) is 8.16. The second-order valence-electron chi connectivity index (χ2n) is 6.07. The molecule has 4 atom stereocenters. The number of hydrogen-bond acceptors (Lipinski definition) is 5. The van der Waals surface area contributed by atoms with Gasteiger partial charge in [-0.15, -0.1) is 11.3 Å². The minimum absolute atomic E-state index is 0.00198. The number of nitrogens with one attached hydrogen (secondary N) is 1. The van der Waals surface area contributed by atoms with Crippen LogP contribution in [0.25, 0.3) is 0 Å². The molecule has 1 saturated carbocycles. The molecule has 1 fully saturated rings. The average Bonchev–Trinajstić information content (AvgIpc) is 3.18. The molecule has 1 aromatic heterocycles. The van der Waals surface area contributed by atoms with Crippen molar-refractivity contribution in [3.05, 3.63) is 23.2 Å². The summed E-state index contributed by atoms with van der Waals surface area (Å²) in [5.74, 6) is -2.05. The Balaban J connectivity index is 1.64. The topological polar surface area (TPSA) is 82.5 Å². The van der Waals surface area contributed by atoms with E-state index in [0.717, 1.165) is 17.2 Å². The van der Waals surface area contributed by atoms with Crippen LogP contribution in [0, 0.1) is 23.7 Å². The Morgan fingerprint density at radius 2 is 2.05 bits per heavy atom. The Kier molecular flexibility index (Phi) is 3.90. The average molecular weight is 321 g/mol. The molecule has 0 saturated heterocycles. The Bertz CT molecular complexity index is 625. The van der Waals surface area contributed by atoms with Gasteiger partial charge in [0.2, 0.25) is 5.91 Å². The lowest BCUT2D eigenvalue weighted by molar-refractivity contribution is -0.147. The molecule has 6 nitrogen and oxygen atoms in total. The van der Waals surface area contributed by atoms with Crippen molar-refractivity contribution < 1.29 is 14.7 Å². The summed E-state index contributed by atoms with van der Waals surface area (Å²) in [7, 11) is 3.83. The largest absolute Gasteiger partial charge is 0.481 e. The van der Waals surface area contributed by atoms with Gasteiger partial charge in [0, 0.05) is 19.5 Å². The first-order valence-electron chi connectivity index (χ1n) is 7.28. The summed E-state index contributed by atoms with van der Waals surface area (Å²) in [6.07, 6.45) is 4.70. The molecule has 1 aromatic rings. The molecule has 0 radical (unpaired) electrons. The monoisotopic (exact) mass is 321 g/mol. The van der Waals surface area contributed by atoms with E-state index in [4.69, 9.17) is 0 Å². The van der Waals surface area contributed by atoms with Gasteiger partial charge in [-0.2, -0.15) is 0 Å². The van der Waals surface area contributed by atoms with Crippen LogP contribution in [0.1, 0.15) is 12.1 Å². The van der Waals surface area contributed by atoms with E-state index in [1.54, 1.807) is 0 Å². The van der Waals surface area contributed by atoms with Crippen molar-refractivity contribution in [1.82, 2.24) is 10.3 Å². The van der Waals surface area contributed by atoms with Crippen molar-refractivity contribution in [2.75, 3.05) is 19.0 Å². The van der Waals surface area contributed by atoms with Gasteiger partial charge in [-0.25, -0.2) is 4.98 Å². The van der Waals surface area contributed by atoms with Crippen LogP contribution in [-0.2, 0) is 16.1 Å². The van der Waals surface area contributed by atoms with Crippen molar-refractivity contribution in [2.24, 2.45) is 23.7 Å². The summed E-state index contributed by atoms with van der Waals surface area (Å²) in [5, 5.41) is 15.0. The molecule has 118 valence electrons. The number of nitrogens with zero attached hydrogens (tertiary/aromatic N) is 2. The highest BCUT2D eigenvalue weighted by Gasteiger charge is 2.51. The van der Waals surface area contributed by atoms with E-state index in [1.165, 1.54) is 11.3 Å². The van der Waals surface area contributed by atoms with Gasteiger partial charge in [-0.05, 0) is 18.3 Å². The third kappa shape index (κ3) is 2.61. The summed E-state index contributed by atoms with van der Waals surface area (Å²) in [6, 6.07) is 0. The van der Waals surface area contributed by atoms with Crippen LogP contribution in [0.2, 0.25) is 0 Å². The number of carboxylic acids is 1. The molecule has 2 bridgehead atoms. The zero-order valence-electron chi connectivity index (χ0n) is 12.5. The highest BCUT2D eigenvalue weighted by Crippen LogP contribution is 2.48. The second-order valence-corrected chi connectivity index (χ2v) is 6.91. The van der Waals surface area contributed by atoms with Crippen molar-refractivity contribution in [2.45, 2.75) is 13.0 Å². The number of thiazole rings is 1. The molecule has 2 N–H and O–H groups in total. The first-order chi connectivity index (χ1) is 10.5. The smallest absolute Gasteiger partial charge is 0.307 e. The van der Waals surface area contributed by atoms with Crippen LogP contribution in [0.15, 0.2) is 17.5 Å². The van der Waals surface area contributed by atoms with E-state index >= 15 is 0 Å². The predicted octanol–water partition coefficient (Wildman–Crippen LogP) is 1.35. The van der Waals surface area contributed by atoms with E-state index in [9.17, 15) is 14.7 Å². The lowest BCUT2D eigenvalue weighted by atomic mass is 9.82. The number of anilines is 1. The van der Waals surface area contributed by atoms with Gasteiger partial charge in [0.25, 0.3) is 0 Å². The van der Waals surface area contributed by atoms with E-state index in [1.807, 2.05) is 36.5 Å². The molecule has 1 amide bonds. The third-order valence-electron chi connectivity index (χ3n) is 4.41. The van der Waals surface area contributed by atoms with Gasteiger partial charge in [-0.1, -0.05) is 12.2 Å². The third-order valence-corrected chi connectivity index (χ3v) is 5.47. The molecule has 7 heteroatoms. The van der Waals surface area contributed by atoms with Crippen LogP contribution < -0.4 is 10.2 Å². The highest BCUT2D eigenvalue weighted by atomic mass is 32.1. The van der Waals surface area contributed by atoms with Gasteiger partial charge in [0.05, 0.1) is 24.1 Å². The number of aromatic nitrogens is 1. The number of carboxylic acid groups (broad SMARTS) is 1. The number of allylic oxidation sites excluding steroid dienone is 2.